The third-order valence-corrected chi connectivity index (χ3v) is 3.71. The highest BCUT2D eigenvalue weighted by Crippen LogP contribution is 2.19. The number of ether oxygens (including phenoxy) is 1. The number of anilines is 1. The van der Waals surface area contributed by atoms with Gasteiger partial charge in [0.15, 0.2) is 0 Å². The third kappa shape index (κ3) is 4.47. The summed E-state index contributed by atoms with van der Waals surface area (Å²) in [6.45, 7) is 3.64. The largest absolute Gasteiger partial charge is 0.464 e. The summed E-state index contributed by atoms with van der Waals surface area (Å²) in [6, 6.07) is 10.7. The number of aromatic nitrogens is 1. The Morgan fingerprint density at radius 1 is 1.16 bits per heavy atom. The molecule has 0 radical (unpaired) electrons. The molecule has 25 heavy (non-hydrogen) atoms. The van der Waals surface area contributed by atoms with Gasteiger partial charge in [-0.2, -0.15) is 0 Å². The van der Waals surface area contributed by atoms with Crippen molar-refractivity contribution in [1.29, 1.82) is 0 Å². The van der Waals surface area contributed by atoms with Gasteiger partial charge in [-0.25, -0.2) is 4.79 Å². The van der Waals surface area contributed by atoms with Crippen LogP contribution >= 0.6 is 0 Å². The van der Waals surface area contributed by atoms with Gasteiger partial charge in [-0.15, -0.1) is 0 Å². The van der Waals surface area contributed by atoms with Crippen molar-refractivity contribution in [2.45, 2.75) is 26.3 Å². The van der Waals surface area contributed by atoms with Crippen molar-refractivity contribution in [2.75, 3.05) is 12.4 Å². The Morgan fingerprint density at radius 3 is 2.44 bits per heavy atom. The maximum atomic E-state index is 12.2. The Bertz CT molecular complexity index is 768. The molecule has 7 nitrogen and oxygen atoms in total. The lowest BCUT2D eigenvalue weighted by molar-refractivity contribution is -0.136. The van der Waals surface area contributed by atoms with Gasteiger partial charge in [0, 0.05) is 5.69 Å². The topological polar surface area (TPSA) is 100 Å². The number of benzene rings is 1. The van der Waals surface area contributed by atoms with Crippen LogP contribution in [0.25, 0.3) is 0 Å². The van der Waals surface area contributed by atoms with Gasteiger partial charge in [0.05, 0.1) is 18.8 Å². The Morgan fingerprint density at radius 2 is 1.84 bits per heavy atom. The normalized spacial score (nSPS) is 11.5. The van der Waals surface area contributed by atoms with Gasteiger partial charge in [0.2, 0.25) is 0 Å². The second kappa shape index (κ2) is 8.14. The molecule has 7 heteroatoms. The molecule has 0 unspecified atom stereocenters. The summed E-state index contributed by atoms with van der Waals surface area (Å²) in [6.07, 6.45) is 0.639. The minimum Gasteiger partial charge on any atom is -0.464 e. The summed E-state index contributed by atoms with van der Waals surface area (Å²) in [5.74, 6) is -2.25. The molecule has 1 atom stereocenters. The van der Waals surface area contributed by atoms with E-state index in [0.29, 0.717) is 12.1 Å². The molecule has 2 aromatic rings. The number of H-pyrrole nitrogens is 1. The van der Waals surface area contributed by atoms with Crippen LogP contribution < -0.4 is 10.6 Å². The smallest absolute Gasteiger partial charge is 0.356 e. The summed E-state index contributed by atoms with van der Waals surface area (Å²) in [7, 11) is 1.24. The van der Waals surface area contributed by atoms with E-state index >= 15 is 0 Å². The standard InChI is InChI=1S/C18H21N3O4/c1-4-13(12-8-6-5-7-9-12)20-16(22)17(23)21-14-10-11(2)19-15(14)18(24)25-3/h5-10,13,19H,4H2,1-3H3,(H,20,22)(H,21,23)/t13-/m1/s1. The molecule has 2 amide bonds. The Kier molecular flexibility index (Phi) is 5.94. The summed E-state index contributed by atoms with van der Waals surface area (Å²) in [4.78, 5) is 38.9. The predicted molar refractivity (Wildman–Crippen MR) is 93.1 cm³/mol. The van der Waals surface area contributed by atoms with Crippen LogP contribution in [0.5, 0.6) is 0 Å². The minimum absolute atomic E-state index is 0.0938. The maximum absolute atomic E-state index is 12.2. The first-order valence-electron chi connectivity index (χ1n) is 7.91. The molecular weight excluding hydrogens is 322 g/mol. The molecule has 0 bridgehead atoms. The Hall–Kier alpha value is -3.09. The second-order valence-electron chi connectivity index (χ2n) is 5.53. The molecule has 3 N–H and O–H groups in total. The predicted octanol–water partition coefficient (Wildman–Crippen LogP) is 2.32. The number of methoxy groups -OCH3 is 1. The molecule has 1 aromatic heterocycles. The monoisotopic (exact) mass is 343 g/mol. The fourth-order valence-electron chi connectivity index (χ4n) is 2.46. The molecule has 0 aliphatic carbocycles. The van der Waals surface area contributed by atoms with Crippen LogP contribution in [0.15, 0.2) is 36.4 Å². The van der Waals surface area contributed by atoms with E-state index in [1.54, 1.807) is 13.0 Å². The number of esters is 1. The summed E-state index contributed by atoms with van der Waals surface area (Å²) < 4.78 is 4.65. The number of hydrogen-bond acceptors (Lipinski definition) is 4. The van der Waals surface area contributed by atoms with Crippen molar-refractivity contribution in [1.82, 2.24) is 10.3 Å². The van der Waals surface area contributed by atoms with E-state index in [-0.39, 0.29) is 17.4 Å². The first kappa shape index (κ1) is 18.3. The number of nitrogens with one attached hydrogen (secondary N) is 3. The number of rotatable bonds is 5. The molecule has 1 aromatic carbocycles. The van der Waals surface area contributed by atoms with Crippen LogP contribution in [0.2, 0.25) is 0 Å². The zero-order chi connectivity index (χ0) is 18.4. The fourth-order valence-corrected chi connectivity index (χ4v) is 2.46. The summed E-state index contributed by atoms with van der Waals surface area (Å²) in [5, 5.41) is 5.14. The van der Waals surface area contributed by atoms with Crippen molar-refractivity contribution >= 4 is 23.5 Å². The Balaban J connectivity index is 2.08. The molecule has 2 rings (SSSR count). The van der Waals surface area contributed by atoms with E-state index in [2.05, 4.69) is 20.4 Å². The van der Waals surface area contributed by atoms with E-state index in [4.69, 9.17) is 0 Å². The van der Waals surface area contributed by atoms with Crippen molar-refractivity contribution in [2.24, 2.45) is 0 Å². The van der Waals surface area contributed by atoms with Crippen LogP contribution in [-0.2, 0) is 14.3 Å². The van der Waals surface area contributed by atoms with Gasteiger partial charge in [-0.05, 0) is 25.0 Å². The van der Waals surface area contributed by atoms with Crippen LogP contribution in [0.4, 0.5) is 5.69 Å². The van der Waals surface area contributed by atoms with Crippen molar-refractivity contribution in [3.8, 4) is 0 Å². The number of aromatic amines is 1. The van der Waals surface area contributed by atoms with Crippen LogP contribution in [0.1, 0.15) is 41.1 Å². The van der Waals surface area contributed by atoms with Gasteiger partial charge in [0.1, 0.15) is 5.69 Å². The summed E-state index contributed by atoms with van der Waals surface area (Å²) >= 11 is 0. The molecule has 0 saturated heterocycles. The fraction of sp³-hybridized carbons (Fsp3) is 0.278. The average Bonchev–Trinajstić information content (AvgIpc) is 2.99. The molecule has 0 aliphatic heterocycles. The van der Waals surface area contributed by atoms with Crippen LogP contribution in [-0.4, -0.2) is 29.9 Å². The first-order valence-corrected chi connectivity index (χ1v) is 7.91. The van der Waals surface area contributed by atoms with E-state index in [0.717, 1.165) is 5.56 Å². The number of amides is 2. The van der Waals surface area contributed by atoms with Crippen molar-refractivity contribution in [3.05, 3.63) is 53.3 Å². The highest BCUT2D eigenvalue weighted by molar-refractivity contribution is 6.40. The van der Waals surface area contributed by atoms with Gasteiger partial charge in [0.25, 0.3) is 0 Å². The second-order valence-corrected chi connectivity index (χ2v) is 5.53. The maximum Gasteiger partial charge on any atom is 0.356 e. The van der Waals surface area contributed by atoms with Crippen LogP contribution in [0.3, 0.4) is 0 Å². The highest BCUT2D eigenvalue weighted by atomic mass is 16.5. The van der Waals surface area contributed by atoms with Gasteiger partial charge >= 0.3 is 17.8 Å². The third-order valence-electron chi connectivity index (χ3n) is 3.71. The zero-order valence-electron chi connectivity index (χ0n) is 14.4. The van der Waals surface area contributed by atoms with Gasteiger partial charge in [-0.3, -0.25) is 9.59 Å². The lowest BCUT2D eigenvalue weighted by Gasteiger charge is -2.17. The number of aryl methyl sites for hydroxylation is 1. The first-order chi connectivity index (χ1) is 12.0. The molecule has 0 spiro atoms. The highest BCUT2D eigenvalue weighted by Gasteiger charge is 2.22. The number of carbonyl (C=O) groups is 3. The summed E-state index contributed by atoms with van der Waals surface area (Å²) in [5.41, 5.74) is 1.87. The van der Waals surface area contributed by atoms with Crippen LogP contribution in [0, 0.1) is 6.92 Å². The zero-order valence-corrected chi connectivity index (χ0v) is 14.4. The molecule has 0 saturated carbocycles. The van der Waals surface area contributed by atoms with Gasteiger partial charge in [-0.1, -0.05) is 37.3 Å². The molecule has 0 aliphatic rings. The van der Waals surface area contributed by atoms with E-state index < -0.39 is 17.8 Å². The molecule has 1 heterocycles. The van der Waals surface area contributed by atoms with E-state index in [9.17, 15) is 14.4 Å². The average molecular weight is 343 g/mol. The molecule has 0 fully saturated rings. The van der Waals surface area contributed by atoms with E-state index in [1.807, 2.05) is 37.3 Å². The van der Waals surface area contributed by atoms with Crippen molar-refractivity contribution < 1.29 is 19.1 Å². The number of hydrogen-bond donors (Lipinski definition) is 3. The van der Waals surface area contributed by atoms with Crippen molar-refractivity contribution in [3.63, 3.8) is 0 Å². The molecule has 132 valence electrons. The molecular formula is C18H21N3O4. The lowest BCUT2D eigenvalue weighted by atomic mass is 10.0. The SMILES string of the molecule is CC[C@@H](NC(=O)C(=O)Nc1cc(C)[nH]c1C(=O)OC)c1ccccc1. The lowest BCUT2D eigenvalue weighted by Crippen LogP contribution is -2.37. The quantitative estimate of drug-likeness (QED) is 0.573. The van der Waals surface area contributed by atoms with E-state index in [1.165, 1.54) is 7.11 Å². The van der Waals surface area contributed by atoms with Gasteiger partial charge < -0.3 is 20.4 Å². The number of carbonyl (C=O) groups excluding carboxylic acids is 3. The Labute approximate surface area is 145 Å². The minimum atomic E-state index is -0.849.